The second kappa shape index (κ2) is 7.98. The van der Waals surface area contributed by atoms with Gasteiger partial charge < -0.3 is 0 Å². The molecule has 11 heavy (non-hydrogen) atoms. The Labute approximate surface area is 83.7 Å². The van der Waals surface area contributed by atoms with Crippen molar-refractivity contribution in [1.29, 1.82) is 0 Å². The van der Waals surface area contributed by atoms with Gasteiger partial charge in [0.1, 0.15) is 0 Å². The third-order valence-electron chi connectivity index (χ3n) is 1.31. The van der Waals surface area contributed by atoms with Crippen LogP contribution in [0.25, 0.3) is 0 Å². The fraction of sp³-hybridized carbons (Fsp3) is 0.400. The van der Waals surface area contributed by atoms with Crippen LogP contribution in [0, 0.1) is 0 Å². The summed E-state index contributed by atoms with van der Waals surface area (Å²) in [7, 11) is 0. The Kier molecular flexibility index (Phi) is 9.78. The molecule has 0 bridgehead atoms. The molecule has 0 saturated heterocycles. The van der Waals surface area contributed by atoms with Gasteiger partial charge in [0.05, 0.1) is 0 Å². The predicted octanol–water partition coefficient (Wildman–Crippen LogP) is 3.47. The molecule has 0 nitrogen and oxygen atoms in total. The molecule has 0 aliphatic heterocycles. The Morgan fingerprint density at radius 2 is 1.91 bits per heavy atom. The van der Waals surface area contributed by atoms with E-state index in [1.165, 1.54) is 5.57 Å². The zero-order valence-electron chi connectivity index (χ0n) is 7.30. The predicted molar refractivity (Wildman–Crippen MR) is 48.0 cm³/mol. The summed E-state index contributed by atoms with van der Waals surface area (Å²) in [6, 6.07) is 0. The molecule has 0 aromatic rings. The average Bonchev–Trinajstić information content (AvgIpc) is 1.87. The maximum absolute atomic E-state index is 3.82. The topological polar surface area (TPSA) is 0 Å². The van der Waals surface area contributed by atoms with Gasteiger partial charge in [0.25, 0.3) is 0 Å². The normalized spacial score (nSPS) is 7.82. The van der Waals surface area contributed by atoms with Crippen molar-refractivity contribution >= 4 is 0 Å². The maximum atomic E-state index is 3.82. The first-order valence-corrected chi connectivity index (χ1v) is 3.60. The summed E-state index contributed by atoms with van der Waals surface area (Å²) in [5.41, 5.74) is 2.49. The fourth-order valence-electron chi connectivity index (χ4n) is 0.648. The summed E-state index contributed by atoms with van der Waals surface area (Å²) >= 11 is 0. The van der Waals surface area contributed by atoms with Gasteiger partial charge in [-0.1, -0.05) is 36.5 Å². The third kappa shape index (κ3) is 9.88. The molecule has 0 aromatic heterocycles. The molecule has 0 amide bonds. The van der Waals surface area contributed by atoms with Crippen LogP contribution in [0.4, 0.5) is 0 Å². The first-order chi connectivity index (χ1) is 4.66. The van der Waals surface area contributed by atoms with Crippen LogP contribution in [-0.2, 0) is 20.4 Å². The van der Waals surface area contributed by atoms with E-state index in [2.05, 4.69) is 33.1 Å². The van der Waals surface area contributed by atoms with Crippen molar-refractivity contribution in [3.8, 4) is 0 Å². The van der Waals surface area contributed by atoms with Gasteiger partial charge >= 0.3 is 0 Å². The molecule has 0 spiro atoms. The Balaban J connectivity index is 0. The molecule has 0 aromatic carbocycles. The molecule has 0 aliphatic carbocycles. The molecule has 0 fully saturated rings. The Morgan fingerprint density at radius 1 is 1.36 bits per heavy atom. The molecule has 0 aliphatic rings. The summed E-state index contributed by atoms with van der Waals surface area (Å²) < 4.78 is 0. The minimum absolute atomic E-state index is 0. The van der Waals surface area contributed by atoms with E-state index in [4.69, 9.17) is 0 Å². The van der Waals surface area contributed by atoms with Gasteiger partial charge in [0.2, 0.25) is 0 Å². The molecule has 0 atom stereocenters. The molecule has 1 heteroatoms. The van der Waals surface area contributed by atoms with Crippen LogP contribution in [0.15, 0.2) is 36.5 Å². The number of allylic oxidation sites excluding steroid dienone is 4. The fourth-order valence-corrected chi connectivity index (χ4v) is 0.648. The van der Waals surface area contributed by atoms with Crippen LogP contribution >= 0.6 is 0 Å². The van der Waals surface area contributed by atoms with E-state index in [-0.39, 0.29) is 20.4 Å². The first-order valence-electron chi connectivity index (χ1n) is 3.60. The molecular formula is C10H16Pd. The van der Waals surface area contributed by atoms with Crippen LogP contribution < -0.4 is 0 Å². The van der Waals surface area contributed by atoms with Crippen molar-refractivity contribution < 1.29 is 20.4 Å². The Morgan fingerprint density at radius 3 is 2.27 bits per heavy atom. The van der Waals surface area contributed by atoms with E-state index in [0.717, 1.165) is 18.4 Å². The van der Waals surface area contributed by atoms with Gasteiger partial charge in [0.15, 0.2) is 0 Å². The molecule has 66 valence electrons. The van der Waals surface area contributed by atoms with Gasteiger partial charge in [0, 0.05) is 20.4 Å². The van der Waals surface area contributed by atoms with E-state index in [1.807, 2.05) is 6.08 Å². The van der Waals surface area contributed by atoms with Crippen molar-refractivity contribution in [2.45, 2.75) is 26.7 Å². The average molecular weight is 243 g/mol. The summed E-state index contributed by atoms with van der Waals surface area (Å²) in [5.74, 6) is 0. The van der Waals surface area contributed by atoms with Crippen molar-refractivity contribution in [2.75, 3.05) is 0 Å². The number of hydrogen-bond acceptors (Lipinski definition) is 0. The molecule has 0 unspecified atom stereocenters. The van der Waals surface area contributed by atoms with Gasteiger partial charge in [-0.15, -0.1) is 0 Å². The SMILES string of the molecule is C=CC(=C)CCC=C(C)C.[Pd]. The van der Waals surface area contributed by atoms with Gasteiger partial charge in [-0.25, -0.2) is 0 Å². The van der Waals surface area contributed by atoms with E-state index in [1.54, 1.807) is 0 Å². The second-order valence-corrected chi connectivity index (χ2v) is 2.68. The van der Waals surface area contributed by atoms with Crippen LogP contribution in [0.3, 0.4) is 0 Å². The zero-order chi connectivity index (χ0) is 7.98. The van der Waals surface area contributed by atoms with Crippen molar-refractivity contribution in [2.24, 2.45) is 0 Å². The quantitative estimate of drug-likeness (QED) is 0.402. The minimum Gasteiger partial charge on any atom is -0.0988 e. The Hall–Kier alpha value is -0.118. The van der Waals surface area contributed by atoms with Crippen LogP contribution in [-0.4, -0.2) is 0 Å². The van der Waals surface area contributed by atoms with Crippen LogP contribution in [0.2, 0.25) is 0 Å². The van der Waals surface area contributed by atoms with E-state index in [0.29, 0.717) is 0 Å². The summed E-state index contributed by atoms with van der Waals surface area (Å²) in [6.07, 6.45) is 6.16. The molecule has 0 N–H and O–H groups in total. The Bertz CT molecular complexity index is 150. The second-order valence-electron chi connectivity index (χ2n) is 2.68. The van der Waals surface area contributed by atoms with Crippen molar-refractivity contribution in [3.05, 3.63) is 36.5 Å². The summed E-state index contributed by atoms with van der Waals surface area (Å²) in [4.78, 5) is 0. The maximum Gasteiger partial charge on any atom is 0 e. The van der Waals surface area contributed by atoms with E-state index >= 15 is 0 Å². The van der Waals surface area contributed by atoms with Gasteiger partial charge in [-0.3, -0.25) is 0 Å². The number of hydrogen-bond donors (Lipinski definition) is 0. The smallest absolute Gasteiger partial charge is 0 e. The summed E-state index contributed by atoms with van der Waals surface area (Å²) in [5, 5.41) is 0. The third-order valence-corrected chi connectivity index (χ3v) is 1.31. The monoisotopic (exact) mass is 242 g/mol. The molecule has 0 heterocycles. The molecule has 0 saturated carbocycles. The van der Waals surface area contributed by atoms with Crippen LogP contribution in [0.5, 0.6) is 0 Å². The number of rotatable bonds is 4. The minimum atomic E-state index is 0. The van der Waals surface area contributed by atoms with E-state index in [9.17, 15) is 0 Å². The molecule has 0 rings (SSSR count). The van der Waals surface area contributed by atoms with Crippen molar-refractivity contribution in [1.82, 2.24) is 0 Å². The summed E-state index contributed by atoms with van der Waals surface area (Å²) in [6.45, 7) is 11.7. The largest absolute Gasteiger partial charge is 0.0988 e. The molecular weight excluding hydrogens is 227 g/mol. The zero-order valence-corrected chi connectivity index (χ0v) is 8.85. The standard InChI is InChI=1S/C10H16.Pd/c1-5-10(4)8-6-7-9(2)3;/h5,7H,1,4,6,8H2,2-3H3;. The van der Waals surface area contributed by atoms with E-state index < -0.39 is 0 Å². The molecule has 0 radical (unpaired) electrons. The van der Waals surface area contributed by atoms with Gasteiger partial charge in [-0.05, 0) is 26.7 Å². The first kappa shape index (κ1) is 13.5. The van der Waals surface area contributed by atoms with Crippen LogP contribution in [0.1, 0.15) is 26.7 Å². The van der Waals surface area contributed by atoms with Gasteiger partial charge in [-0.2, -0.15) is 0 Å². The van der Waals surface area contributed by atoms with Crippen molar-refractivity contribution in [3.63, 3.8) is 0 Å².